The average molecular weight is 435 g/mol. The molecule has 22 heavy (non-hydrogen) atoms. The van der Waals surface area contributed by atoms with E-state index in [4.69, 9.17) is 4.42 Å². The van der Waals surface area contributed by atoms with Gasteiger partial charge in [-0.05, 0) is 0 Å². The Hall–Kier alpha value is -1.16. The Balaban J connectivity index is 0.00000242. The minimum Gasteiger partial charge on any atom is -0.443 e. The zero-order chi connectivity index (χ0) is 15.3. The van der Waals surface area contributed by atoms with E-state index in [1.165, 1.54) is 0 Å². The third kappa shape index (κ3) is 5.56. The van der Waals surface area contributed by atoms with Crippen LogP contribution in [0.25, 0.3) is 0 Å². The second-order valence-electron chi connectivity index (χ2n) is 5.57. The maximum absolute atomic E-state index is 5.73. The number of halogens is 1. The molecule has 0 spiro atoms. The summed E-state index contributed by atoms with van der Waals surface area (Å²) in [4.78, 5) is 12.7. The van der Waals surface area contributed by atoms with Crippen molar-refractivity contribution in [2.75, 3.05) is 7.05 Å². The summed E-state index contributed by atoms with van der Waals surface area (Å²) in [7, 11) is 1.73. The quantitative estimate of drug-likeness (QED) is 0.439. The minimum atomic E-state index is -0.0317. The summed E-state index contributed by atoms with van der Waals surface area (Å²) >= 11 is 1.61. The Labute approximate surface area is 151 Å². The highest BCUT2D eigenvalue weighted by molar-refractivity contribution is 14.0. The van der Waals surface area contributed by atoms with E-state index in [1.54, 1.807) is 30.8 Å². The van der Waals surface area contributed by atoms with Crippen LogP contribution in [0.3, 0.4) is 0 Å². The smallest absolute Gasteiger partial charge is 0.213 e. The average Bonchev–Trinajstić information content (AvgIpc) is 3.09. The molecule has 0 aromatic carbocycles. The van der Waals surface area contributed by atoms with E-state index >= 15 is 0 Å². The van der Waals surface area contributed by atoms with Gasteiger partial charge >= 0.3 is 0 Å². The van der Waals surface area contributed by atoms with Crippen LogP contribution >= 0.6 is 35.3 Å². The highest BCUT2D eigenvalue weighted by atomic mass is 127. The van der Waals surface area contributed by atoms with Crippen molar-refractivity contribution >= 4 is 41.3 Å². The normalized spacial score (nSPS) is 11.9. The first kappa shape index (κ1) is 18.9. The molecule has 0 radical (unpaired) electrons. The predicted molar refractivity (Wildman–Crippen MR) is 99.8 cm³/mol. The molecule has 0 unspecified atom stereocenters. The van der Waals surface area contributed by atoms with Crippen molar-refractivity contribution in [2.24, 2.45) is 4.99 Å². The van der Waals surface area contributed by atoms with Crippen molar-refractivity contribution < 1.29 is 4.42 Å². The molecule has 0 aliphatic carbocycles. The number of guanidine groups is 1. The summed E-state index contributed by atoms with van der Waals surface area (Å²) in [6, 6.07) is 0. The van der Waals surface area contributed by atoms with Crippen LogP contribution in [0.1, 0.15) is 37.4 Å². The molecule has 2 heterocycles. The molecule has 0 amide bonds. The minimum absolute atomic E-state index is 0. The fraction of sp³-hybridized carbons (Fsp3) is 0.500. The Morgan fingerprint density at radius 1 is 1.27 bits per heavy atom. The molecule has 0 bridgehead atoms. The Morgan fingerprint density at radius 2 is 2.00 bits per heavy atom. The number of nitrogens with zero attached hydrogens (tertiary/aromatic N) is 3. The van der Waals surface area contributed by atoms with Crippen molar-refractivity contribution in [1.29, 1.82) is 0 Å². The Morgan fingerprint density at radius 3 is 2.55 bits per heavy atom. The molecule has 2 aromatic heterocycles. The Kier molecular flexibility index (Phi) is 7.27. The van der Waals surface area contributed by atoms with E-state index < -0.39 is 0 Å². The summed E-state index contributed by atoms with van der Waals surface area (Å²) in [6.07, 6.45) is 3.57. The summed E-state index contributed by atoms with van der Waals surface area (Å²) in [5.74, 6) is 2.22. The van der Waals surface area contributed by atoms with Crippen LogP contribution in [0.4, 0.5) is 0 Å². The van der Waals surface area contributed by atoms with Crippen molar-refractivity contribution in [3.8, 4) is 0 Å². The molecule has 6 nitrogen and oxygen atoms in total. The second-order valence-corrected chi connectivity index (χ2v) is 6.55. The number of rotatable bonds is 4. The lowest BCUT2D eigenvalue weighted by Crippen LogP contribution is -2.36. The topological polar surface area (TPSA) is 75.3 Å². The van der Waals surface area contributed by atoms with E-state index in [0.717, 1.165) is 10.8 Å². The maximum atomic E-state index is 5.73. The highest BCUT2D eigenvalue weighted by Crippen LogP contribution is 2.22. The highest BCUT2D eigenvalue weighted by Gasteiger charge is 2.19. The van der Waals surface area contributed by atoms with Crippen molar-refractivity contribution in [3.05, 3.63) is 34.4 Å². The second kappa shape index (κ2) is 8.47. The molecule has 2 N–H and O–H groups in total. The summed E-state index contributed by atoms with van der Waals surface area (Å²) < 4.78 is 5.73. The van der Waals surface area contributed by atoms with Gasteiger partial charge in [0.05, 0.1) is 19.3 Å². The number of hydrogen-bond donors (Lipinski definition) is 2. The summed E-state index contributed by atoms with van der Waals surface area (Å²) in [5, 5.41) is 9.34. The largest absolute Gasteiger partial charge is 0.443 e. The third-order valence-corrected chi connectivity index (χ3v) is 3.59. The zero-order valence-electron chi connectivity index (χ0n) is 13.2. The molecule has 8 heteroatoms. The van der Waals surface area contributed by atoms with Gasteiger partial charge < -0.3 is 15.1 Å². The zero-order valence-corrected chi connectivity index (χ0v) is 16.4. The third-order valence-electron chi connectivity index (χ3n) is 2.81. The summed E-state index contributed by atoms with van der Waals surface area (Å²) in [6.45, 7) is 7.43. The number of aliphatic imine (C=N–C) groups is 1. The van der Waals surface area contributed by atoms with E-state index in [2.05, 4.69) is 46.4 Å². The van der Waals surface area contributed by atoms with Gasteiger partial charge in [-0.3, -0.25) is 4.99 Å². The van der Waals surface area contributed by atoms with Gasteiger partial charge in [0.1, 0.15) is 10.8 Å². The molecule has 0 atom stereocenters. The lowest BCUT2D eigenvalue weighted by Gasteiger charge is -2.13. The van der Waals surface area contributed by atoms with Gasteiger partial charge in [-0.25, -0.2) is 9.97 Å². The van der Waals surface area contributed by atoms with Crippen LogP contribution in [0.2, 0.25) is 0 Å². The molecular weight excluding hydrogens is 413 g/mol. The molecule has 0 aliphatic heterocycles. The van der Waals surface area contributed by atoms with Gasteiger partial charge in [-0.2, -0.15) is 0 Å². The fourth-order valence-corrected chi connectivity index (χ4v) is 2.17. The monoisotopic (exact) mass is 435 g/mol. The molecular formula is C14H22IN5OS. The summed E-state index contributed by atoms with van der Waals surface area (Å²) in [5.41, 5.74) is -0.0317. The molecule has 2 aromatic rings. The van der Waals surface area contributed by atoms with Crippen LogP contribution in [-0.2, 0) is 18.5 Å². The lowest BCUT2D eigenvalue weighted by molar-refractivity contribution is 0.379. The number of aromatic nitrogens is 2. The number of oxazole rings is 1. The van der Waals surface area contributed by atoms with E-state index in [0.29, 0.717) is 24.9 Å². The van der Waals surface area contributed by atoms with Crippen molar-refractivity contribution in [3.63, 3.8) is 0 Å². The van der Waals surface area contributed by atoms with E-state index in [-0.39, 0.29) is 29.4 Å². The standard InChI is InChI=1S/C14H21N5OS.HI/c1-14(2,3)10-7-17-11(20-10)8-18-13(15-4)19-9-12-16-5-6-21-12;/h5-7H,8-9H2,1-4H3,(H2,15,18,19);1H. The first-order valence-electron chi connectivity index (χ1n) is 6.77. The molecule has 0 fully saturated rings. The molecule has 0 saturated heterocycles. The molecule has 0 aliphatic rings. The van der Waals surface area contributed by atoms with Crippen LogP contribution in [0.5, 0.6) is 0 Å². The number of hydrogen-bond acceptors (Lipinski definition) is 5. The van der Waals surface area contributed by atoms with Crippen molar-refractivity contribution in [1.82, 2.24) is 20.6 Å². The number of nitrogens with one attached hydrogen (secondary N) is 2. The van der Waals surface area contributed by atoms with Crippen molar-refractivity contribution in [2.45, 2.75) is 39.3 Å². The van der Waals surface area contributed by atoms with Crippen LogP contribution in [-0.4, -0.2) is 23.0 Å². The van der Waals surface area contributed by atoms with E-state index in [1.807, 2.05) is 5.38 Å². The van der Waals surface area contributed by atoms with Crippen LogP contribution in [0.15, 0.2) is 27.2 Å². The Bertz CT molecular complexity index is 589. The van der Waals surface area contributed by atoms with Gasteiger partial charge in [-0.15, -0.1) is 35.3 Å². The first-order valence-corrected chi connectivity index (χ1v) is 7.65. The fourth-order valence-electron chi connectivity index (χ4n) is 1.62. The van der Waals surface area contributed by atoms with Gasteiger partial charge in [0, 0.05) is 24.0 Å². The lowest BCUT2D eigenvalue weighted by atomic mass is 9.94. The van der Waals surface area contributed by atoms with Gasteiger partial charge in [0.15, 0.2) is 5.96 Å². The molecule has 122 valence electrons. The predicted octanol–water partition coefficient (Wildman–Crippen LogP) is 2.91. The van der Waals surface area contributed by atoms with Crippen LogP contribution in [0, 0.1) is 0 Å². The van der Waals surface area contributed by atoms with Gasteiger partial charge in [-0.1, -0.05) is 20.8 Å². The van der Waals surface area contributed by atoms with Gasteiger partial charge in [0.25, 0.3) is 0 Å². The molecule has 0 saturated carbocycles. The van der Waals surface area contributed by atoms with Gasteiger partial charge in [0.2, 0.25) is 5.89 Å². The van der Waals surface area contributed by atoms with Crippen LogP contribution < -0.4 is 10.6 Å². The number of thiazole rings is 1. The SMILES string of the molecule is CN=C(NCc1ncc(C(C)(C)C)o1)NCc1nccs1.I. The van der Waals surface area contributed by atoms with E-state index in [9.17, 15) is 0 Å². The molecule has 2 rings (SSSR count). The maximum Gasteiger partial charge on any atom is 0.213 e. The first-order chi connectivity index (χ1) is 9.99.